The number of nitrogens with zero attached hydrogens (tertiary/aromatic N) is 2. The third kappa shape index (κ3) is 6.45. The van der Waals surface area contributed by atoms with Crippen molar-refractivity contribution in [3.63, 3.8) is 0 Å². The van der Waals surface area contributed by atoms with Gasteiger partial charge in [0.05, 0.1) is 22.9 Å². The maximum absolute atomic E-state index is 13.8. The normalized spacial score (nSPS) is 24.8. The molecule has 44 heavy (non-hydrogen) atoms. The third-order valence-electron chi connectivity index (χ3n) is 9.46. The third-order valence-corrected chi connectivity index (χ3v) is 9.46. The highest BCUT2D eigenvalue weighted by Gasteiger charge is 2.41. The van der Waals surface area contributed by atoms with E-state index in [1.165, 1.54) is 0 Å². The van der Waals surface area contributed by atoms with Crippen LogP contribution in [0.5, 0.6) is 0 Å². The first-order chi connectivity index (χ1) is 21.4. The Morgan fingerprint density at radius 2 is 1.70 bits per heavy atom. The summed E-state index contributed by atoms with van der Waals surface area (Å²) in [5.74, 6) is -0.355. The zero-order valence-electron chi connectivity index (χ0n) is 24.8. The Hall–Kier alpha value is -4.31. The van der Waals surface area contributed by atoms with Gasteiger partial charge in [-0.1, -0.05) is 60.7 Å². The Labute approximate surface area is 256 Å². The summed E-state index contributed by atoms with van der Waals surface area (Å²) in [6, 6.07) is 16.0. The van der Waals surface area contributed by atoms with Crippen molar-refractivity contribution in [2.75, 3.05) is 26.3 Å². The van der Waals surface area contributed by atoms with Crippen LogP contribution in [0.25, 0.3) is 10.8 Å². The Morgan fingerprint density at radius 3 is 2.50 bits per heavy atom. The van der Waals surface area contributed by atoms with Gasteiger partial charge in [-0.2, -0.15) is 5.10 Å². The average molecular weight is 598 g/mol. The van der Waals surface area contributed by atoms with Crippen LogP contribution in [-0.4, -0.2) is 71.2 Å². The second kappa shape index (κ2) is 13.1. The first-order valence-corrected chi connectivity index (χ1v) is 15.5. The van der Waals surface area contributed by atoms with E-state index in [1.54, 1.807) is 12.1 Å². The molecule has 1 aromatic heterocycles. The molecule has 0 unspecified atom stereocenters. The summed E-state index contributed by atoms with van der Waals surface area (Å²) in [6.07, 6.45) is 7.71. The number of fused-ring (bicyclic) bond motifs is 2. The summed E-state index contributed by atoms with van der Waals surface area (Å²) in [5.41, 5.74) is 0.614. The molecule has 0 bridgehead atoms. The number of amides is 3. The number of nitrogens with one attached hydrogen (secondary N) is 3. The number of ether oxygens (including phenoxy) is 1. The van der Waals surface area contributed by atoms with Crippen LogP contribution >= 0.6 is 0 Å². The maximum Gasteiger partial charge on any atom is 0.272 e. The number of aromatic nitrogens is 2. The molecule has 3 aliphatic rings. The molecule has 0 radical (unpaired) electrons. The molecule has 6 rings (SSSR count). The Bertz CT molecular complexity index is 1600. The molecule has 10 nitrogen and oxygen atoms in total. The van der Waals surface area contributed by atoms with Gasteiger partial charge in [0.15, 0.2) is 0 Å². The summed E-state index contributed by atoms with van der Waals surface area (Å²) >= 11 is 0. The number of piperidine rings is 1. The molecule has 0 saturated carbocycles. The smallest absolute Gasteiger partial charge is 0.272 e. The number of benzene rings is 2. The van der Waals surface area contributed by atoms with Gasteiger partial charge in [-0.3, -0.25) is 19.2 Å². The Balaban J connectivity index is 1.22. The second-order valence-corrected chi connectivity index (χ2v) is 12.2. The fraction of sp³-hybridized carbons (Fsp3) is 0.441. The molecular weight excluding hydrogens is 558 g/mol. The fourth-order valence-electron chi connectivity index (χ4n) is 6.77. The molecule has 3 aromatic rings. The van der Waals surface area contributed by atoms with Crippen LogP contribution in [0, 0.1) is 11.3 Å². The number of likely N-dealkylation sites (tertiary alicyclic amines) is 1. The number of allylic oxidation sites excluding steroid dienone is 2. The lowest BCUT2D eigenvalue weighted by Crippen LogP contribution is -2.58. The number of hydrogen-bond donors (Lipinski definition) is 3. The molecule has 3 aliphatic heterocycles. The molecule has 3 N–H and O–H groups in total. The van der Waals surface area contributed by atoms with Crippen LogP contribution in [0.3, 0.4) is 0 Å². The molecule has 3 atom stereocenters. The molecule has 0 aliphatic carbocycles. The monoisotopic (exact) mass is 597 g/mol. The van der Waals surface area contributed by atoms with Gasteiger partial charge in [-0.25, -0.2) is 5.10 Å². The van der Waals surface area contributed by atoms with Crippen LogP contribution in [0.4, 0.5) is 0 Å². The van der Waals surface area contributed by atoms with Crippen molar-refractivity contribution in [2.24, 2.45) is 11.3 Å². The minimum absolute atomic E-state index is 0.00586. The van der Waals surface area contributed by atoms with Crippen molar-refractivity contribution in [3.8, 4) is 0 Å². The van der Waals surface area contributed by atoms with E-state index in [-0.39, 0.29) is 41.7 Å². The van der Waals surface area contributed by atoms with Gasteiger partial charge >= 0.3 is 0 Å². The predicted molar refractivity (Wildman–Crippen MR) is 166 cm³/mol. The van der Waals surface area contributed by atoms with Crippen LogP contribution < -0.4 is 16.2 Å². The SMILES string of the molecule is O=C1N[C@H]2CCN(C(=O)Cc3n[nH]c(=O)c4ccccc34)C[C@H]2C/C=C/CC2(CCOCC2)C(=O)N[C@@H]1Cc1ccccc1. The summed E-state index contributed by atoms with van der Waals surface area (Å²) in [4.78, 5) is 55.2. The summed E-state index contributed by atoms with van der Waals surface area (Å²) in [5, 5.41) is 14.3. The molecule has 10 heteroatoms. The van der Waals surface area contributed by atoms with E-state index in [0.29, 0.717) is 81.3 Å². The summed E-state index contributed by atoms with van der Waals surface area (Å²) in [7, 11) is 0. The number of hydrogen-bond acceptors (Lipinski definition) is 6. The molecule has 1 spiro atoms. The number of carbonyl (C=O) groups excluding carboxylic acids is 3. The minimum Gasteiger partial charge on any atom is -0.381 e. The number of rotatable bonds is 4. The van der Waals surface area contributed by atoms with Crippen molar-refractivity contribution >= 4 is 28.5 Å². The van der Waals surface area contributed by atoms with Crippen LogP contribution in [0.1, 0.15) is 43.4 Å². The maximum atomic E-state index is 13.8. The Morgan fingerprint density at radius 1 is 0.955 bits per heavy atom. The van der Waals surface area contributed by atoms with Crippen LogP contribution in [0.2, 0.25) is 0 Å². The largest absolute Gasteiger partial charge is 0.381 e. The average Bonchev–Trinajstić information content (AvgIpc) is 3.05. The van der Waals surface area contributed by atoms with Crippen LogP contribution in [0.15, 0.2) is 71.5 Å². The summed E-state index contributed by atoms with van der Waals surface area (Å²) in [6.45, 7) is 2.00. The molecule has 2 aromatic carbocycles. The van der Waals surface area contributed by atoms with Crippen molar-refractivity contribution < 1.29 is 19.1 Å². The fourth-order valence-corrected chi connectivity index (χ4v) is 6.77. The molecular formula is C34H39N5O5. The number of carbonyl (C=O) groups is 3. The van der Waals surface area contributed by atoms with E-state index in [0.717, 1.165) is 5.56 Å². The topological polar surface area (TPSA) is 133 Å². The predicted octanol–water partition coefficient (Wildman–Crippen LogP) is 2.67. The van der Waals surface area contributed by atoms with Gasteiger partial charge in [0.1, 0.15) is 6.04 Å². The van der Waals surface area contributed by atoms with Crippen molar-refractivity contribution in [3.05, 3.63) is 88.4 Å². The van der Waals surface area contributed by atoms with E-state index in [1.807, 2.05) is 47.4 Å². The van der Waals surface area contributed by atoms with E-state index >= 15 is 0 Å². The highest BCUT2D eigenvalue weighted by molar-refractivity contribution is 5.91. The van der Waals surface area contributed by atoms with Gasteiger partial charge in [-0.15, -0.1) is 0 Å². The van der Waals surface area contributed by atoms with Gasteiger partial charge in [0.2, 0.25) is 17.7 Å². The van der Waals surface area contributed by atoms with Gasteiger partial charge in [0, 0.05) is 50.1 Å². The van der Waals surface area contributed by atoms with Crippen LogP contribution in [-0.2, 0) is 32.0 Å². The van der Waals surface area contributed by atoms with Crippen molar-refractivity contribution in [1.82, 2.24) is 25.7 Å². The lowest BCUT2D eigenvalue weighted by atomic mass is 9.75. The van der Waals surface area contributed by atoms with Gasteiger partial charge < -0.3 is 20.3 Å². The standard InChI is InChI=1S/C34H39N5O5/c40-30(21-28-25-11-4-5-12-26(25)31(41)38-37-28)39-17-13-27-24(22-39)10-6-7-14-34(15-18-44-19-16-34)33(43)36-29(32(42)35-27)20-23-8-2-1-3-9-23/h1-9,11-12,24,27,29H,10,13-22H2,(H,35,42)(H,36,43)(H,38,41)/b7-6+/t24-,27+,29-/m1/s1. The minimum atomic E-state index is -0.715. The first kappa shape index (κ1) is 29.7. The zero-order valence-corrected chi connectivity index (χ0v) is 24.8. The molecule has 2 fully saturated rings. The van der Waals surface area contributed by atoms with Gasteiger partial charge in [0.25, 0.3) is 5.56 Å². The molecule has 2 saturated heterocycles. The summed E-state index contributed by atoms with van der Waals surface area (Å²) < 4.78 is 5.60. The number of aromatic amines is 1. The van der Waals surface area contributed by atoms with E-state index in [4.69, 9.17) is 4.74 Å². The van der Waals surface area contributed by atoms with E-state index in [9.17, 15) is 19.2 Å². The Kier molecular flexibility index (Phi) is 8.88. The molecule has 230 valence electrons. The van der Waals surface area contributed by atoms with Gasteiger partial charge in [-0.05, 0) is 43.7 Å². The lowest BCUT2D eigenvalue weighted by Gasteiger charge is -2.40. The zero-order chi connectivity index (χ0) is 30.5. The number of H-pyrrole nitrogens is 1. The van der Waals surface area contributed by atoms with Crippen molar-refractivity contribution in [2.45, 2.75) is 57.0 Å². The van der Waals surface area contributed by atoms with Crippen molar-refractivity contribution in [1.29, 1.82) is 0 Å². The lowest BCUT2D eigenvalue weighted by molar-refractivity contribution is -0.140. The molecule has 4 heterocycles. The highest BCUT2D eigenvalue weighted by Crippen LogP contribution is 2.36. The first-order valence-electron chi connectivity index (χ1n) is 15.5. The quantitative estimate of drug-likeness (QED) is 0.396. The van der Waals surface area contributed by atoms with E-state index < -0.39 is 11.5 Å². The molecule has 3 amide bonds. The highest BCUT2D eigenvalue weighted by atomic mass is 16.5. The second-order valence-electron chi connectivity index (χ2n) is 12.2. The van der Waals surface area contributed by atoms with E-state index in [2.05, 4.69) is 33.0 Å².